The molecule has 0 radical (unpaired) electrons. The molecule has 0 bridgehead atoms. The highest BCUT2D eigenvalue weighted by atomic mass is 19.1. The second-order valence-electron chi connectivity index (χ2n) is 8.44. The zero-order valence-corrected chi connectivity index (χ0v) is 19.6. The fourth-order valence-corrected chi connectivity index (χ4v) is 3.71. The Hall–Kier alpha value is -2.98. The van der Waals surface area contributed by atoms with Crippen LogP contribution in [0.1, 0.15) is 57.9 Å². The van der Waals surface area contributed by atoms with E-state index in [1.54, 1.807) is 18.2 Å². The summed E-state index contributed by atoms with van der Waals surface area (Å²) >= 11 is 0. The number of benzene rings is 2. The van der Waals surface area contributed by atoms with Crippen LogP contribution in [0.2, 0.25) is 0 Å². The number of allylic oxidation sites excluding steroid dienone is 1. The molecule has 1 aromatic heterocycles. The Balaban J connectivity index is 1.51. The van der Waals surface area contributed by atoms with Gasteiger partial charge in [-0.25, -0.2) is 4.39 Å². The van der Waals surface area contributed by atoms with Crippen LogP contribution < -0.4 is 0 Å². The van der Waals surface area contributed by atoms with E-state index in [0.29, 0.717) is 11.7 Å². The largest absolute Gasteiger partial charge is 0.506 e. The first-order chi connectivity index (χ1) is 16.1. The molecule has 0 aliphatic heterocycles. The van der Waals surface area contributed by atoms with Gasteiger partial charge in [0.1, 0.15) is 11.6 Å². The van der Waals surface area contributed by atoms with Crippen LogP contribution in [0.25, 0.3) is 28.5 Å². The summed E-state index contributed by atoms with van der Waals surface area (Å²) in [6, 6.07) is 16.3. The molecule has 1 heterocycles. The maximum absolute atomic E-state index is 14.8. The lowest BCUT2D eigenvalue weighted by Crippen LogP contribution is -2.08. The fraction of sp³-hybridized carbons (Fsp3) is 0.345. The minimum Gasteiger partial charge on any atom is -0.506 e. The van der Waals surface area contributed by atoms with Gasteiger partial charge in [0.2, 0.25) is 0 Å². The van der Waals surface area contributed by atoms with E-state index in [1.807, 2.05) is 42.5 Å². The minimum absolute atomic E-state index is 0.132. The number of rotatable bonds is 12. The molecule has 0 spiro atoms. The molecule has 2 aromatic carbocycles. The van der Waals surface area contributed by atoms with Crippen molar-refractivity contribution in [2.75, 3.05) is 6.61 Å². The Morgan fingerprint density at radius 2 is 1.79 bits per heavy atom. The molecule has 0 amide bonds. The summed E-state index contributed by atoms with van der Waals surface area (Å²) < 4.78 is 20.6. The van der Waals surface area contributed by atoms with Gasteiger partial charge < -0.3 is 9.84 Å². The fourth-order valence-electron chi connectivity index (χ4n) is 3.71. The third kappa shape index (κ3) is 7.83. The number of halogens is 1. The van der Waals surface area contributed by atoms with Crippen LogP contribution in [0.15, 0.2) is 66.9 Å². The van der Waals surface area contributed by atoms with Crippen molar-refractivity contribution < 1.29 is 14.2 Å². The Kier molecular flexibility index (Phi) is 9.64. The number of ether oxygens (including phenoxy) is 1. The first-order valence-corrected chi connectivity index (χ1v) is 11.9. The molecular formula is C29H34FNO2. The first-order valence-electron chi connectivity index (χ1n) is 11.9. The number of aromatic hydroxyl groups is 1. The predicted octanol–water partition coefficient (Wildman–Crippen LogP) is 8.04. The van der Waals surface area contributed by atoms with Gasteiger partial charge in [-0.3, -0.25) is 4.98 Å². The maximum Gasteiger partial charge on any atom is 0.133 e. The van der Waals surface area contributed by atoms with Crippen molar-refractivity contribution in [2.24, 2.45) is 0 Å². The van der Waals surface area contributed by atoms with Crippen molar-refractivity contribution in [2.45, 2.75) is 58.5 Å². The molecule has 3 nitrogen and oxygen atoms in total. The van der Waals surface area contributed by atoms with Gasteiger partial charge in [0.15, 0.2) is 0 Å². The quantitative estimate of drug-likeness (QED) is 0.286. The van der Waals surface area contributed by atoms with Gasteiger partial charge in [0.05, 0.1) is 18.0 Å². The van der Waals surface area contributed by atoms with Crippen LogP contribution in [0.4, 0.5) is 4.39 Å². The van der Waals surface area contributed by atoms with E-state index in [2.05, 4.69) is 24.9 Å². The lowest BCUT2D eigenvalue weighted by molar-refractivity contribution is 0.0566. The highest BCUT2D eigenvalue weighted by Gasteiger charge is 2.07. The molecule has 3 aromatic rings. The maximum atomic E-state index is 14.8. The zero-order chi connectivity index (χ0) is 23.5. The number of nitrogens with zero attached hydrogens (tertiary/aromatic N) is 1. The number of aromatic nitrogens is 1. The molecule has 0 aliphatic carbocycles. The number of hydrogen-bond donors (Lipinski definition) is 1. The zero-order valence-electron chi connectivity index (χ0n) is 19.6. The third-order valence-corrected chi connectivity index (χ3v) is 5.67. The summed E-state index contributed by atoms with van der Waals surface area (Å²) in [6.07, 6.45) is 12.5. The number of hydrogen-bond acceptors (Lipinski definition) is 3. The van der Waals surface area contributed by atoms with Crippen molar-refractivity contribution in [1.29, 1.82) is 0 Å². The molecule has 4 heteroatoms. The molecule has 3 rings (SSSR count). The van der Waals surface area contributed by atoms with E-state index < -0.39 is 0 Å². The Morgan fingerprint density at radius 1 is 1.00 bits per heavy atom. The van der Waals surface area contributed by atoms with Gasteiger partial charge in [0, 0.05) is 17.7 Å². The number of unbranched alkanes of at least 4 members (excludes halogenated alkanes) is 3. The second-order valence-corrected chi connectivity index (χ2v) is 8.44. The Morgan fingerprint density at radius 3 is 2.48 bits per heavy atom. The standard InChI is InChI=1S/C29H34FNO2/c1-3-4-8-19-33-22(2)9-6-5-7-10-23-11-17-27(28(30)20-23)24-12-14-25(15-13-24)29-18-16-26(32)21-31-29/h7,10-18,20-22,32H,3-6,8-9,19H2,1-2H3/b10-7+. The van der Waals surface area contributed by atoms with E-state index in [4.69, 9.17) is 4.74 Å². The van der Waals surface area contributed by atoms with Crippen molar-refractivity contribution in [3.63, 3.8) is 0 Å². The average Bonchev–Trinajstić information content (AvgIpc) is 2.82. The van der Waals surface area contributed by atoms with Gasteiger partial charge >= 0.3 is 0 Å². The van der Waals surface area contributed by atoms with Gasteiger partial charge in [-0.15, -0.1) is 0 Å². The van der Waals surface area contributed by atoms with Gasteiger partial charge in [-0.2, -0.15) is 0 Å². The van der Waals surface area contributed by atoms with Gasteiger partial charge in [0.25, 0.3) is 0 Å². The van der Waals surface area contributed by atoms with Crippen LogP contribution in [0, 0.1) is 5.82 Å². The molecule has 1 unspecified atom stereocenters. The summed E-state index contributed by atoms with van der Waals surface area (Å²) in [5, 5.41) is 9.38. The first kappa shape index (κ1) is 24.7. The minimum atomic E-state index is -0.234. The van der Waals surface area contributed by atoms with Crippen molar-refractivity contribution >= 4 is 6.08 Å². The molecule has 0 fully saturated rings. The highest BCUT2D eigenvalue weighted by molar-refractivity contribution is 5.70. The summed E-state index contributed by atoms with van der Waals surface area (Å²) in [6.45, 7) is 5.19. The van der Waals surface area contributed by atoms with Crippen LogP contribution in [0.5, 0.6) is 5.75 Å². The molecule has 174 valence electrons. The van der Waals surface area contributed by atoms with Gasteiger partial charge in [-0.05, 0) is 61.9 Å². The summed E-state index contributed by atoms with van der Waals surface area (Å²) in [4.78, 5) is 4.21. The normalized spacial score (nSPS) is 12.3. The second kappa shape index (κ2) is 12.9. The van der Waals surface area contributed by atoms with Crippen LogP contribution in [-0.2, 0) is 4.74 Å². The van der Waals surface area contributed by atoms with Crippen LogP contribution in [-0.4, -0.2) is 22.8 Å². The molecule has 0 saturated heterocycles. The molecule has 0 saturated carbocycles. The highest BCUT2D eigenvalue weighted by Crippen LogP contribution is 2.27. The number of pyridine rings is 1. The van der Waals surface area contributed by atoms with E-state index in [0.717, 1.165) is 54.7 Å². The van der Waals surface area contributed by atoms with E-state index >= 15 is 0 Å². The lowest BCUT2D eigenvalue weighted by atomic mass is 10.0. The van der Waals surface area contributed by atoms with E-state index in [-0.39, 0.29) is 11.6 Å². The summed E-state index contributed by atoms with van der Waals surface area (Å²) in [5.74, 6) is -0.102. The molecule has 33 heavy (non-hydrogen) atoms. The third-order valence-electron chi connectivity index (χ3n) is 5.67. The average molecular weight is 448 g/mol. The summed E-state index contributed by atoms with van der Waals surface area (Å²) in [7, 11) is 0. The van der Waals surface area contributed by atoms with Crippen molar-refractivity contribution in [3.05, 3.63) is 78.3 Å². The van der Waals surface area contributed by atoms with E-state index in [9.17, 15) is 9.50 Å². The van der Waals surface area contributed by atoms with Crippen LogP contribution in [0.3, 0.4) is 0 Å². The smallest absolute Gasteiger partial charge is 0.133 e. The molecule has 1 atom stereocenters. The van der Waals surface area contributed by atoms with Crippen LogP contribution >= 0.6 is 0 Å². The molecule has 0 aliphatic rings. The SMILES string of the molecule is CCCCCOC(C)CCC/C=C/c1ccc(-c2ccc(-c3ccc(O)cn3)cc2)c(F)c1. The van der Waals surface area contributed by atoms with E-state index in [1.165, 1.54) is 19.0 Å². The molecule has 1 N–H and O–H groups in total. The summed E-state index contributed by atoms with van der Waals surface area (Å²) in [5.41, 5.74) is 3.94. The van der Waals surface area contributed by atoms with Gasteiger partial charge in [-0.1, -0.05) is 68.3 Å². The predicted molar refractivity (Wildman–Crippen MR) is 135 cm³/mol. The van der Waals surface area contributed by atoms with Crippen molar-refractivity contribution in [3.8, 4) is 28.1 Å². The lowest BCUT2D eigenvalue weighted by Gasteiger charge is -2.12. The monoisotopic (exact) mass is 447 g/mol. The molecular weight excluding hydrogens is 413 g/mol. The topological polar surface area (TPSA) is 42.4 Å². The Labute approximate surface area is 197 Å². The van der Waals surface area contributed by atoms with Crippen molar-refractivity contribution in [1.82, 2.24) is 4.98 Å². The Bertz CT molecular complexity index is 1010.